The fourth-order valence-electron chi connectivity index (χ4n) is 2.13. The predicted molar refractivity (Wildman–Crippen MR) is 94.7 cm³/mol. The van der Waals surface area contributed by atoms with E-state index in [4.69, 9.17) is 26.3 Å². The molecule has 1 amide bonds. The minimum absolute atomic E-state index is 0.0342. The van der Waals surface area contributed by atoms with Crippen molar-refractivity contribution in [2.45, 2.75) is 6.92 Å². The van der Waals surface area contributed by atoms with Gasteiger partial charge in [-0.25, -0.2) is 0 Å². The van der Waals surface area contributed by atoms with Gasteiger partial charge in [0.1, 0.15) is 5.75 Å². The molecule has 0 unspecified atom stereocenters. The Balaban J connectivity index is 2.08. The van der Waals surface area contributed by atoms with Gasteiger partial charge in [0.2, 0.25) is 0 Å². The second kappa shape index (κ2) is 8.18. The SMILES string of the molecule is COc1cc(NC(=O)COc2ccc(C#N)cc2Cl)c(C)cc1[N+](=O)[O-]. The molecule has 0 bridgehead atoms. The van der Waals surface area contributed by atoms with Crippen molar-refractivity contribution in [3.63, 3.8) is 0 Å². The molecule has 2 aromatic rings. The monoisotopic (exact) mass is 375 g/mol. The number of nitro groups is 1. The van der Waals surface area contributed by atoms with Crippen molar-refractivity contribution in [2.75, 3.05) is 19.0 Å². The summed E-state index contributed by atoms with van der Waals surface area (Å²) >= 11 is 5.98. The van der Waals surface area contributed by atoms with Crippen LogP contribution >= 0.6 is 11.6 Å². The number of ether oxygens (including phenoxy) is 2. The average Bonchev–Trinajstić information content (AvgIpc) is 2.61. The van der Waals surface area contributed by atoms with E-state index >= 15 is 0 Å². The summed E-state index contributed by atoms with van der Waals surface area (Å²) in [5.41, 5.74) is 1.05. The summed E-state index contributed by atoms with van der Waals surface area (Å²) in [7, 11) is 1.30. The molecule has 0 aliphatic rings. The van der Waals surface area contributed by atoms with E-state index in [0.717, 1.165) is 0 Å². The topological polar surface area (TPSA) is 114 Å². The predicted octanol–water partition coefficient (Wildman–Crippen LogP) is 3.45. The normalized spacial score (nSPS) is 9.92. The van der Waals surface area contributed by atoms with Gasteiger partial charge in [-0.2, -0.15) is 5.26 Å². The molecule has 26 heavy (non-hydrogen) atoms. The van der Waals surface area contributed by atoms with E-state index in [1.54, 1.807) is 6.92 Å². The lowest BCUT2D eigenvalue weighted by Gasteiger charge is -2.12. The van der Waals surface area contributed by atoms with Gasteiger partial charge < -0.3 is 14.8 Å². The highest BCUT2D eigenvalue weighted by molar-refractivity contribution is 6.32. The molecule has 9 heteroatoms. The van der Waals surface area contributed by atoms with Crippen LogP contribution in [0.25, 0.3) is 0 Å². The van der Waals surface area contributed by atoms with Gasteiger partial charge in [0.05, 0.1) is 28.7 Å². The van der Waals surface area contributed by atoms with E-state index in [2.05, 4.69) is 5.32 Å². The van der Waals surface area contributed by atoms with E-state index in [0.29, 0.717) is 16.8 Å². The minimum Gasteiger partial charge on any atom is -0.490 e. The number of benzene rings is 2. The van der Waals surface area contributed by atoms with Crippen molar-refractivity contribution in [3.05, 3.63) is 56.6 Å². The number of nitrogens with zero attached hydrogens (tertiary/aromatic N) is 2. The van der Waals surface area contributed by atoms with Gasteiger partial charge in [-0.1, -0.05) is 11.6 Å². The lowest BCUT2D eigenvalue weighted by Crippen LogP contribution is -2.21. The second-order valence-corrected chi connectivity index (χ2v) is 5.60. The number of methoxy groups -OCH3 is 1. The number of carbonyl (C=O) groups excluding carboxylic acids is 1. The Morgan fingerprint density at radius 2 is 2.08 bits per heavy atom. The molecule has 0 radical (unpaired) electrons. The Kier molecular flexibility index (Phi) is 5.98. The largest absolute Gasteiger partial charge is 0.490 e. The van der Waals surface area contributed by atoms with Gasteiger partial charge >= 0.3 is 5.69 Å². The Bertz CT molecular complexity index is 908. The van der Waals surface area contributed by atoms with Crippen LogP contribution in [0.5, 0.6) is 11.5 Å². The van der Waals surface area contributed by atoms with Crippen LogP contribution in [0.3, 0.4) is 0 Å². The maximum atomic E-state index is 12.1. The number of nitro benzene ring substituents is 1. The summed E-state index contributed by atoms with van der Waals surface area (Å²) < 4.78 is 10.3. The maximum absolute atomic E-state index is 12.1. The molecule has 0 fully saturated rings. The molecular formula is C17H14ClN3O5. The van der Waals surface area contributed by atoms with E-state index in [1.165, 1.54) is 37.4 Å². The number of hydrogen-bond acceptors (Lipinski definition) is 6. The Morgan fingerprint density at radius 1 is 1.35 bits per heavy atom. The molecule has 0 aromatic heterocycles. The summed E-state index contributed by atoms with van der Waals surface area (Å²) in [4.78, 5) is 22.5. The smallest absolute Gasteiger partial charge is 0.311 e. The van der Waals surface area contributed by atoms with Crippen molar-refractivity contribution in [1.82, 2.24) is 0 Å². The first-order valence-corrected chi connectivity index (χ1v) is 7.68. The quantitative estimate of drug-likeness (QED) is 0.610. The summed E-state index contributed by atoms with van der Waals surface area (Å²) in [6, 6.07) is 9.07. The molecule has 0 saturated heterocycles. The molecule has 0 saturated carbocycles. The van der Waals surface area contributed by atoms with E-state index < -0.39 is 10.8 Å². The number of amides is 1. The van der Waals surface area contributed by atoms with Crippen molar-refractivity contribution in [1.29, 1.82) is 5.26 Å². The number of halogens is 1. The van der Waals surface area contributed by atoms with Crippen molar-refractivity contribution < 1.29 is 19.2 Å². The highest BCUT2D eigenvalue weighted by Gasteiger charge is 2.18. The second-order valence-electron chi connectivity index (χ2n) is 5.19. The maximum Gasteiger partial charge on any atom is 0.311 e. The molecule has 134 valence electrons. The van der Waals surface area contributed by atoms with E-state index in [9.17, 15) is 14.9 Å². The summed E-state index contributed by atoms with van der Waals surface area (Å²) in [5, 5.41) is 22.6. The molecule has 0 spiro atoms. The Hall–Kier alpha value is -3.31. The lowest BCUT2D eigenvalue weighted by atomic mass is 10.1. The van der Waals surface area contributed by atoms with Crippen LogP contribution in [0.15, 0.2) is 30.3 Å². The standard InChI is InChI=1S/C17H14ClN3O5/c1-10-5-14(21(23)24)16(25-2)7-13(10)20-17(22)9-26-15-4-3-11(8-19)6-12(15)18/h3-7H,9H2,1-2H3,(H,20,22). The summed E-state index contributed by atoms with van der Waals surface area (Å²) in [6.07, 6.45) is 0. The molecule has 1 N–H and O–H groups in total. The van der Waals surface area contributed by atoms with Crippen LogP contribution in [0.2, 0.25) is 5.02 Å². The first kappa shape index (κ1) is 19.0. The van der Waals surface area contributed by atoms with Crippen molar-refractivity contribution in [3.8, 4) is 17.6 Å². The first-order valence-electron chi connectivity index (χ1n) is 7.31. The van der Waals surface area contributed by atoms with Gasteiger partial charge in [0.15, 0.2) is 12.4 Å². The highest BCUT2D eigenvalue weighted by atomic mass is 35.5. The van der Waals surface area contributed by atoms with Gasteiger partial charge in [0, 0.05) is 17.8 Å². The molecular weight excluding hydrogens is 362 g/mol. The van der Waals surface area contributed by atoms with Crippen LogP contribution in [0.1, 0.15) is 11.1 Å². The van der Waals surface area contributed by atoms with Crippen LogP contribution in [-0.2, 0) is 4.79 Å². The molecule has 2 rings (SSSR count). The van der Waals surface area contributed by atoms with Gasteiger partial charge in [-0.3, -0.25) is 14.9 Å². The number of aryl methyl sites for hydroxylation is 1. The number of carbonyl (C=O) groups is 1. The van der Waals surface area contributed by atoms with Crippen LogP contribution in [0.4, 0.5) is 11.4 Å². The summed E-state index contributed by atoms with van der Waals surface area (Å²) in [6.45, 7) is 1.30. The molecule has 0 heterocycles. The third-order valence-corrected chi connectivity index (χ3v) is 3.71. The zero-order valence-corrected chi connectivity index (χ0v) is 14.7. The van der Waals surface area contributed by atoms with Crippen LogP contribution < -0.4 is 14.8 Å². The van der Waals surface area contributed by atoms with Crippen molar-refractivity contribution in [2.24, 2.45) is 0 Å². The first-order chi connectivity index (χ1) is 12.3. The Labute approximate surface area is 154 Å². The van der Waals surface area contributed by atoms with Gasteiger partial charge in [0.25, 0.3) is 5.91 Å². The van der Waals surface area contributed by atoms with E-state index in [1.807, 2.05) is 6.07 Å². The lowest BCUT2D eigenvalue weighted by molar-refractivity contribution is -0.385. The van der Waals surface area contributed by atoms with Crippen LogP contribution in [-0.4, -0.2) is 24.5 Å². The van der Waals surface area contributed by atoms with Gasteiger partial charge in [-0.15, -0.1) is 0 Å². The van der Waals surface area contributed by atoms with E-state index in [-0.39, 0.29) is 28.8 Å². The number of nitriles is 1. The third-order valence-electron chi connectivity index (χ3n) is 3.42. The number of hydrogen-bond donors (Lipinski definition) is 1. The van der Waals surface area contributed by atoms with Gasteiger partial charge in [-0.05, 0) is 30.7 Å². The summed E-state index contributed by atoms with van der Waals surface area (Å²) in [5.74, 6) is -0.185. The molecule has 2 aromatic carbocycles. The number of anilines is 1. The zero-order chi connectivity index (χ0) is 19.3. The highest BCUT2D eigenvalue weighted by Crippen LogP contribution is 2.32. The van der Waals surface area contributed by atoms with Crippen LogP contribution in [0, 0.1) is 28.4 Å². The zero-order valence-electron chi connectivity index (χ0n) is 13.9. The third kappa shape index (κ3) is 4.40. The molecule has 8 nitrogen and oxygen atoms in total. The molecule has 0 aliphatic heterocycles. The molecule has 0 atom stereocenters. The Morgan fingerprint density at radius 3 is 2.65 bits per heavy atom. The average molecular weight is 376 g/mol. The number of nitrogens with one attached hydrogen (secondary N) is 1. The fraction of sp³-hybridized carbons (Fsp3) is 0.176. The number of rotatable bonds is 6. The fourth-order valence-corrected chi connectivity index (χ4v) is 2.37. The van der Waals surface area contributed by atoms with Crippen molar-refractivity contribution >= 4 is 28.9 Å². The minimum atomic E-state index is -0.562. The molecule has 0 aliphatic carbocycles.